The second kappa shape index (κ2) is 10.1. The van der Waals surface area contributed by atoms with Crippen molar-refractivity contribution in [2.24, 2.45) is 5.73 Å². The van der Waals surface area contributed by atoms with E-state index in [-0.39, 0.29) is 11.8 Å². The normalized spacial score (nSPS) is 12.0. The molecular formula is C22H24ClN3O2. The molecule has 5 nitrogen and oxygen atoms in total. The highest BCUT2D eigenvalue weighted by molar-refractivity contribution is 6.31. The van der Waals surface area contributed by atoms with E-state index in [1.807, 2.05) is 53.1 Å². The molecule has 1 aromatic heterocycles. The summed E-state index contributed by atoms with van der Waals surface area (Å²) in [7, 11) is 0. The van der Waals surface area contributed by atoms with Crippen LogP contribution in [0.5, 0.6) is 0 Å². The number of hydrogen-bond acceptors (Lipinski definition) is 3. The number of rotatable bonds is 10. The Bertz CT molecular complexity index is 896. The summed E-state index contributed by atoms with van der Waals surface area (Å²) in [6.45, 7) is 1.14. The second-order valence-corrected chi connectivity index (χ2v) is 7.13. The molecule has 0 fully saturated rings. The van der Waals surface area contributed by atoms with Gasteiger partial charge in [0.15, 0.2) is 0 Å². The first-order chi connectivity index (χ1) is 13.6. The summed E-state index contributed by atoms with van der Waals surface area (Å²) in [5, 5.41) is 0.796. The summed E-state index contributed by atoms with van der Waals surface area (Å²) in [4.78, 5) is 15.3. The minimum absolute atomic E-state index is 0.0161. The Balaban J connectivity index is 1.61. The highest BCUT2D eigenvalue weighted by atomic mass is 35.5. The number of primary amides is 1. The van der Waals surface area contributed by atoms with Crippen molar-refractivity contribution in [1.29, 1.82) is 0 Å². The molecule has 6 heteroatoms. The van der Waals surface area contributed by atoms with Gasteiger partial charge in [0.05, 0.1) is 19.0 Å². The highest BCUT2D eigenvalue weighted by Crippen LogP contribution is 2.19. The number of amides is 1. The number of carbonyl (C=O) groups excluding carboxylic acids is 1. The molecule has 2 aromatic carbocycles. The van der Waals surface area contributed by atoms with Gasteiger partial charge in [-0.2, -0.15) is 0 Å². The maximum atomic E-state index is 11.3. The third-order valence-corrected chi connectivity index (χ3v) is 4.93. The molecule has 0 saturated carbocycles. The van der Waals surface area contributed by atoms with Gasteiger partial charge in [-0.1, -0.05) is 60.1 Å². The zero-order valence-electron chi connectivity index (χ0n) is 15.6. The molecule has 28 heavy (non-hydrogen) atoms. The third-order valence-electron chi connectivity index (χ3n) is 4.56. The lowest BCUT2D eigenvalue weighted by Gasteiger charge is -2.19. The van der Waals surface area contributed by atoms with Gasteiger partial charge >= 0.3 is 0 Å². The number of aryl methyl sites for hydroxylation is 1. The largest absolute Gasteiger partial charge is 0.372 e. The number of imidazole rings is 1. The molecule has 146 valence electrons. The smallest absolute Gasteiger partial charge is 0.268 e. The van der Waals surface area contributed by atoms with Gasteiger partial charge in [-0.05, 0) is 36.5 Å². The van der Waals surface area contributed by atoms with Crippen LogP contribution in [-0.2, 0) is 24.3 Å². The van der Waals surface area contributed by atoms with Crippen molar-refractivity contribution in [3.05, 3.63) is 89.0 Å². The molecule has 0 aliphatic carbocycles. The molecule has 1 heterocycles. The Morgan fingerprint density at radius 2 is 1.89 bits per heavy atom. The average molecular weight is 398 g/mol. The summed E-state index contributed by atoms with van der Waals surface area (Å²) >= 11 is 6.26. The standard InChI is InChI=1S/C22H24ClN3O2/c23-20-12-5-4-9-18(20)10-6-11-19(28-15-17-7-2-1-3-8-17)13-26-14-21(22(24)27)25-16-26/h1-5,7-9,12,14,16,19H,6,10-11,13,15H2,(H2,24,27)/t19-/m0/s1. The van der Waals surface area contributed by atoms with Crippen LogP contribution in [0.4, 0.5) is 0 Å². The van der Waals surface area contributed by atoms with Crippen molar-refractivity contribution < 1.29 is 9.53 Å². The Morgan fingerprint density at radius 3 is 2.61 bits per heavy atom. The van der Waals surface area contributed by atoms with Gasteiger partial charge in [-0.3, -0.25) is 4.79 Å². The fourth-order valence-corrected chi connectivity index (χ4v) is 3.29. The van der Waals surface area contributed by atoms with E-state index in [2.05, 4.69) is 11.1 Å². The molecule has 2 N–H and O–H groups in total. The van der Waals surface area contributed by atoms with E-state index in [0.717, 1.165) is 35.4 Å². The minimum Gasteiger partial charge on any atom is -0.372 e. The van der Waals surface area contributed by atoms with Crippen LogP contribution in [0.1, 0.15) is 34.5 Å². The monoisotopic (exact) mass is 397 g/mol. The number of aromatic nitrogens is 2. The number of nitrogens with two attached hydrogens (primary N) is 1. The number of halogens is 1. The van der Waals surface area contributed by atoms with Crippen LogP contribution in [-0.4, -0.2) is 21.6 Å². The SMILES string of the molecule is NC(=O)c1cn(C[C@H](CCCc2ccccc2Cl)OCc2ccccc2)cn1. The van der Waals surface area contributed by atoms with E-state index in [1.165, 1.54) is 0 Å². The predicted octanol–water partition coefficient (Wildman–Crippen LogP) is 4.24. The molecule has 0 aliphatic rings. The Labute approximate surface area is 170 Å². The lowest BCUT2D eigenvalue weighted by atomic mass is 10.1. The van der Waals surface area contributed by atoms with Crippen LogP contribution in [0, 0.1) is 0 Å². The van der Waals surface area contributed by atoms with Crippen molar-refractivity contribution >= 4 is 17.5 Å². The molecular weight excluding hydrogens is 374 g/mol. The van der Waals surface area contributed by atoms with E-state index in [4.69, 9.17) is 22.1 Å². The van der Waals surface area contributed by atoms with Gasteiger partial charge in [0, 0.05) is 17.8 Å². The summed E-state index contributed by atoms with van der Waals surface area (Å²) in [5.41, 5.74) is 7.82. The van der Waals surface area contributed by atoms with E-state index in [1.54, 1.807) is 12.5 Å². The average Bonchev–Trinajstić information content (AvgIpc) is 3.17. The van der Waals surface area contributed by atoms with Gasteiger partial charge in [0.1, 0.15) is 5.69 Å². The van der Waals surface area contributed by atoms with E-state index >= 15 is 0 Å². The number of benzene rings is 2. The van der Waals surface area contributed by atoms with Crippen molar-refractivity contribution in [3.63, 3.8) is 0 Å². The molecule has 1 amide bonds. The fourth-order valence-electron chi connectivity index (χ4n) is 3.06. The molecule has 3 rings (SSSR count). The van der Waals surface area contributed by atoms with Gasteiger partial charge in [-0.25, -0.2) is 4.98 Å². The predicted molar refractivity (Wildman–Crippen MR) is 110 cm³/mol. The van der Waals surface area contributed by atoms with Crippen molar-refractivity contribution in [2.75, 3.05) is 0 Å². The van der Waals surface area contributed by atoms with Crippen molar-refractivity contribution in [3.8, 4) is 0 Å². The van der Waals surface area contributed by atoms with Crippen molar-refractivity contribution in [2.45, 2.75) is 38.5 Å². The summed E-state index contributed by atoms with van der Waals surface area (Å²) in [6, 6.07) is 18.0. The third kappa shape index (κ3) is 5.94. The number of nitrogens with zero attached hydrogens (tertiary/aromatic N) is 2. The Kier molecular flexibility index (Phi) is 7.23. The zero-order valence-corrected chi connectivity index (χ0v) is 16.4. The van der Waals surface area contributed by atoms with Crippen LogP contribution in [0.3, 0.4) is 0 Å². The van der Waals surface area contributed by atoms with Crippen molar-refractivity contribution in [1.82, 2.24) is 9.55 Å². The lowest BCUT2D eigenvalue weighted by Crippen LogP contribution is -2.20. The summed E-state index contributed by atoms with van der Waals surface area (Å²) < 4.78 is 8.02. The highest BCUT2D eigenvalue weighted by Gasteiger charge is 2.13. The van der Waals surface area contributed by atoms with Gasteiger partial charge < -0.3 is 15.0 Å². The van der Waals surface area contributed by atoms with Gasteiger partial charge in [-0.15, -0.1) is 0 Å². The quantitative estimate of drug-likeness (QED) is 0.556. The van der Waals surface area contributed by atoms with Gasteiger partial charge in [0.25, 0.3) is 5.91 Å². The first kappa shape index (κ1) is 20.1. The van der Waals surface area contributed by atoms with Crippen LogP contribution >= 0.6 is 11.6 Å². The fraction of sp³-hybridized carbons (Fsp3) is 0.273. The minimum atomic E-state index is -0.528. The second-order valence-electron chi connectivity index (χ2n) is 6.72. The van der Waals surface area contributed by atoms with Gasteiger partial charge in [0.2, 0.25) is 0 Å². The Hall–Kier alpha value is -2.63. The molecule has 0 spiro atoms. The van der Waals surface area contributed by atoms with E-state index < -0.39 is 5.91 Å². The maximum absolute atomic E-state index is 11.3. The van der Waals surface area contributed by atoms with E-state index in [9.17, 15) is 4.79 Å². The first-order valence-electron chi connectivity index (χ1n) is 9.32. The Morgan fingerprint density at radius 1 is 1.14 bits per heavy atom. The maximum Gasteiger partial charge on any atom is 0.268 e. The molecule has 0 unspecified atom stereocenters. The summed E-state index contributed by atoms with van der Waals surface area (Å²) in [5.74, 6) is -0.528. The zero-order chi connectivity index (χ0) is 19.8. The molecule has 1 atom stereocenters. The first-order valence-corrected chi connectivity index (χ1v) is 9.70. The number of hydrogen-bond donors (Lipinski definition) is 1. The van der Waals surface area contributed by atoms with Crippen LogP contribution in [0.2, 0.25) is 5.02 Å². The van der Waals surface area contributed by atoms with Crippen LogP contribution in [0.25, 0.3) is 0 Å². The molecule has 3 aromatic rings. The van der Waals surface area contributed by atoms with Crippen LogP contribution in [0.15, 0.2) is 67.1 Å². The number of carbonyl (C=O) groups is 1. The lowest BCUT2D eigenvalue weighted by molar-refractivity contribution is 0.0225. The molecule has 0 saturated heterocycles. The molecule has 0 radical (unpaired) electrons. The topological polar surface area (TPSA) is 70.1 Å². The summed E-state index contributed by atoms with van der Waals surface area (Å²) in [6.07, 6.45) is 5.96. The molecule has 0 bridgehead atoms. The van der Waals surface area contributed by atoms with Crippen LogP contribution < -0.4 is 5.73 Å². The molecule has 0 aliphatic heterocycles. The van der Waals surface area contributed by atoms with E-state index in [0.29, 0.717) is 13.2 Å². The number of ether oxygens (including phenoxy) is 1.